The standard InChI is InChI=1S/C20H29N3O2/c1-15(2)19(14-21)22-8-10-23(11-9-22)20(24)12-16(3)17-6-5-7-18(13-17)25-4/h5-7,13,15-16,19H,8-12H2,1-4H3/t16-,19-/m0/s1. The number of rotatable bonds is 6. The third-order valence-corrected chi connectivity index (χ3v) is 4.97. The topological polar surface area (TPSA) is 56.6 Å². The van der Waals surface area contributed by atoms with E-state index in [0.29, 0.717) is 25.4 Å². The van der Waals surface area contributed by atoms with Gasteiger partial charge in [0, 0.05) is 32.6 Å². The van der Waals surface area contributed by atoms with Crippen LogP contribution in [0.4, 0.5) is 0 Å². The van der Waals surface area contributed by atoms with E-state index in [1.807, 2.05) is 29.2 Å². The fraction of sp³-hybridized carbons (Fsp3) is 0.600. The second-order valence-electron chi connectivity index (χ2n) is 7.12. The predicted octanol–water partition coefficient (Wildman–Crippen LogP) is 2.88. The number of carbonyl (C=O) groups excluding carboxylic acids is 1. The first kappa shape index (κ1) is 19.3. The summed E-state index contributed by atoms with van der Waals surface area (Å²) in [5.41, 5.74) is 1.12. The third kappa shape index (κ3) is 4.96. The molecule has 1 amide bonds. The number of carbonyl (C=O) groups is 1. The maximum Gasteiger partial charge on any atom is 0.223 e. The molecule has 0 spiro atoms. The van der Waals surface area contributed by atoms with Crippen LogP contribution in [0.3, 0.4) is 0 Å². The van der Waals surface area contributed by atoms with Crippen LogP contribution in [0.2, 0.25) is 0 Å². The van der Waals surface area contributed by atoms with Gasteiger partial charge in [0.05, 0.1) is 13.2 Å². The zero-order valence-electron chi connectivity index (χ0n) is 15.7. The number of methoxy groups -OCH3 is 1. The highest BCUT2D eigenvalue weighted by Gasteiger charge is 2.28. The molecule has 1 aromatic carbocycles. The van der Waals surface area contributed by atoms with E-state index in [1.54, 1.807) is 7.11 Å². The highest BCUT2D eigenvalue weighted by molar-refractivity contribution is 5.77. The van der Waals surface area contributed by atoms with E-state index >= 15 is 0 Å². The molecule has 2 rings (SSSR count). The van der Waals surface area contributed by atoms with Crippen LogP contribution in [0.15, 0.2) is 24.3 Å². The molecule has 25 heavy (non-hydrogen) atoms. The third-order valence-electron chi connectivity index (χ3n) is 4.97. The van der Waals surface area contributed by atoms with E-state index in [2.05, 4.69) is 31.7 Å². The molecule has 1 aromatic rings. The minimum absolute atomic E-state index is 0.0621. The smallest absolute Gasteiger partial charge is 0.223 e. The zero-order valence-corrected chi connectivity index (χ0v) is 15.7. The largest absolute Gasteiger partial charge is 0.497 e. The first-order valence-corrected chi connectivity index (χ1v) is 9.01. The Labute approximate surface area is 151 Å². The van der Waals surface area contributed by atoms with Gasteiger partial charge in [-0.3, -0.25) is 9.69 Å². The van der Waals surface area contributed by atoms with Crippen molar-refractivity contribution in [2.24, 2.45) is 5.92 Å². The number of hydrogen-bond acceptors (Lipinski definition) is 4. The molecule has 0 aromatic heterocycles. The summed E-state index contributed by atoms with van der Waals surface area (Å²) >= 11 is 0. The minimum atomic E-state index is -0.0621. The van der Waals surface area contributed by atoms with Gasteiger partial charge >= 0.3 is 0 Å². The Morgan fingerprint density at radius 3 is 2.48 bits per heavy atom. The van der Waals surface area contributed by atoms with Crippen LogP contribution in [0.5, 0.6) is 5.75 Å². The molecule has 2 atom stereocenters. The number of nitrogens with zero attached hydrogens (tertiary/aromatic N) is 3. The molecule has 1 heterocycles. The van der Waals surface area contributed by atoms with Gasteiger partial charge in [-0.2, -0.15) is 5.26 Å². The van der Waals surface area contributed by atoms with Crippen LogP contribution in [-0.4, -0.2) is 55.0 Å². The Morgan fingerprint density at radius 1 is 1.24 bits per heavy atom. The van der Waals surface area contributed by atoms with Crippen molar-refractivity contribution < 1.29 is 9.53 Å². The van der Waals surface area contributed by atoms with E-state index in [0.717, 1.165) is 24.4 Å². The Kier molecular flexibility index (Phi) is 6.83. The number of piperazine rings is 1. The monoisotopic (exact) mass is 343 g/mol. The summed E-state index contributed by atoms with van der Waals surface area (Å²) < 4.78 is 5.26. The van der Waals surface area contributed by atoms with Crippen LogP contribution in [0.25, 0.3) is 0 Å². The lowest BCUT2D eigenvalue weighted by Gasteiger charge is -2.38. The number of hydrogen-bond donors (Lipinski definition) is 0. The van der Waals surface area contributed by atoms with Gasteiger partial charge in [0.15, 0.2) is 0 Å². The summed E-state index contributed by atoms with van der Waals surface area (Å²) in [6, 6.07) is 10.2. The summed E-state index contributed by atoms with van der Waals surface area (Å²) in [6.07, 6.45) is 0.499. The number of nitriles is 1. The molecule has 1 saturated heterocycles. The van der Waals surface area contributed by atoms with Crippen LogP contribution >= 0.6 is 0 Å². The fourth-order valence-corrected chi connectivity index (χ4v) is 3.36. The van der Waals surface area contributed by atoms with Crippen molar-refractivity contribution in [2.45, 2.75) is 39.2 Å². The zero-order chi connectivity index (χ0) is 18.4. The fourth-order valence-electron chi connectivity index (χ4n) is 3.36. The molecule has 5 nitrogen and oxygen atoms in total. The molecule has 0 radical (unpaired) electrons. The first-order chi connectivity index (χ1) is 12.0. The van der Waals surface area contributed by atoms with E-state index in [-0.39, 0.29) is 17.9 Å². The summed E-state index contributed by atoms with van der Waals surface area (Å²) in [7, 11) is 1.65. The highest BCUT2D eigenvalue weighted by Crippen LogP contribution is 2.24. The van der Waals surface area contributed by atoms with Crippen molar-refractivity contribution in [3.05, 3.63) is 29.8 Å². The summed E-state index contributed by atoms with van der Waals surface area (Å²) in [6.45, 7) is 9.17. The lowest BCUT2D eigenvalue weighted by atomic mass is 9.96. The second-order valence-corrected chi connectivity index (χ2v) is 7.12. The molecular weight excluding hydrogens is 314 g/mol. The van der Waals surface area contributed by atoms with Gasteiger partial charge in [-0.25, -0.2) is 0 Å². The van der Waals surface area contributed by atoms with E-state index in [1.165, 1.54) is 0 Å². The molecule has 5 heteroatoms. The molecule has 136 valence electrons. The lowest BCUT2D eigenvalue weighted by molar-refractivity contribution is -0.133. The number of amides is 1. The SMILES string of the molecule is COc1cccc([C@@H](C)CC(=O)N2CCN([C@@H](C#N)C(C)C)CC2)c1. The molecule has 0 N–H and O–H groups in total. The van der Waals surface area contributed by atoms with Crippen molar-refractivity contribution in [3.8, 4) is 11.8 Å². The molecule has 0 saturated carbocycles. The van der Waals surface area contributed by atoms with Gasteiger partial charge in [-0.15, -0.1) is 0 Å². The first-order valence-electron chi connectivity index (χ1n) is 9.01. The Balaban J connectivity index is 1.89. The molecule has 0 aliphatic carbocycles. The predicted molar refractivity (Wildman–Crippen MR) is 98.4 cm³/mol. The van der Waals surface area contributed by atoms with Gasteiger partial charge in [-0.05, 0) is 29.5 Å². The quantitative estimate of drug-likeness (QED) is 0.797. The maximum atomic E-state index is 12.6. The van der Waals surface area contributed by atoms with Crippen molar-refractivity contribution in [3.63, 3.8) is 0 Å². The molecule has 1 fully saturated rings. The molecule has 1 aliphatic heterocycles. The van der Waals surface area contributed by atoms with Crippen LogP contribution in [-0.2, 0) is 4.79 Å². The number of benzene rings is 1. The van der Waals surface area contributed by atoms with Crippen LogP contribution in [0.1, 0.15) is 38.7 Å². The lowest BCUT2D eigenvalue weighted by Crippen LogP contribution is -2.52. The average molecular weight is 343 g/mol. The van der Waals surface area contributed by atoms with E-state index < -0.39 is 0 Å². The minimum Gasteiger partial charge on any atom is -0.497 e. The Hall–Kier alpha value is -2.06. The molecule has 1 aliphatic rings. The van der Waals surface area contributed by atoms with Gasteiger partial charge in [0.2, 0.25) is 5.91 Å². The van der Waals surface area contributed by atoms with Crippen molar-refractivity contribution in [2.75, 3.05) is 33.3 Å². The van der Waals surface area contributed by atoms with Crippen LogP contribution in [0, 0.1) is 17.2 Å². The Bertz CT molecular complexity index is 616. The normalized spacial score (nSPS) is 17.8. The van der Waals surface area contributed by atoms with Crippen LogP contribution < -0.4 is 4.74 Å². The van der Waals surface area contributed by atoms with Crippen molar-refractivity contribution in [1.29, 1.82) is 5.26 Å². The van der Waals surface area contributed by atoms with Crippen molar-refractivity contribution in [1.82, 2.24) is 9.80 Å². The molecule has 0 unspecified atom stereocenters. The number of ether oxygens (including phenoxy) is 1. The van der Waals surface area contributed by atoms with Crippen molar-refractivity contribution >= 4 is 5.91 Å². The van der Waals surface area contributed by atoms with Gasteiger partial charge in [0.1, 0.15) is 11.8 Å². The summed E-state index contributed by atoms with van der Waals surface area (Å²) in [4.78, 5) is 16.8. The molecular formula is C20H29N3O2. The maximum absolute atomic E-state index is 12.6. The van der Waals surface area contributed by atoms with Gasteiger partial charge in [-0.1, -0.05) is 32.9 Å². The van der Waals surface area contributed by atoms with Gasteiger partial charge < -0.3 is 9.64 Å². The Morgan fingerprint density at radius 2 is 1.92 bits per heavy atom. The second kappa shape index (κ2) is 8.87. The summed E-state index contributed by atoms with van der Waals surface area (Å²) in [5.74, 6) is 1.47. The highest BCUT2D eigenvalue weighted by atomic mass is 16.5. The average Bonchev–Trinajstić information content (AvgIpc) is 2.62. The van der Waals surface area contributed by atoms with E-state index in [9.17, 15) is 10.1 Å². The summed E-state index contributed by atoms with van der Waals surface area (Å²) in [5, 5.41) is 9.33. The van der Waals surface area contributed by atoms with Gasteiger partial charge in [0.25, 0.3) is 0 Å². The molecule has 0 bridgehead atoms. The van der Waals surface area contributed by atoms with E-state index in [4.69, 9.17) is 4.74 Å².